The largest absolute Gasteiger partial charge is 0.361 e. The lowest BCUT2D eigenvalue weighted by molar-refractivity contribution is -0.479. The van der Waals surface area contributed by atoms with Crippen LogP contribution >= 0.6 is 0 Å². The van der Waals surface area contributed by atoms with E-state index in [1.54, 1.807) is 0 Å². The number of H-pyrrole nitrogens is 1. The summed E-state index contributed by atoms with van der Waals surface area (Å²) in [6, 6.07) is 7.81. The molecule has 1 N–H and O–H groups in total. The van der Waals surface area contributed by atoms with Crippen LogP contribution in [-0.2, 0) is 6.42 Å². The van der Waals surface area contributed by atoms with Crippen LogP contribution in [0.2, 0.25) is 0 Å². The molecule has 0 aliphatic carbocycles. The third kappa shape index (κ3) is 1.74. The number of benzene rings is 1. The predicted molar refractivity (Wildman–Crippen MR) is 53.9 cm³/mol. The van der Waals surface area contributed by atoms with Gasteiger partial charge in [0.1, 0.15) is 0 Å². The van der Waals surface area contributed by atoms with E-state index in [2.05, 4.69) is 4.98 Å². The fourth-order valence-corrected chi connectivity index (χ4v) is 1.48. The average Bonchev–Trinajstić information content (AvgIpc) is 2.61. The highest BCUT2D eigenvalue weighted by Crippen LogP contribution is 2.14. The molecule has 1 heterocycles. The second-order valence-corrected chi connectivity index (χ2v) is 3.21. The fraction of sp³-hybridized carbons (Fsp3) is 0.200. The van der Waals surface area contributed by atoms with Crippen molar-refractivity contribution in [2.24, 2.45) is 0 Å². The number of fused-ring (bicyclic) bond motifs is 1. The minimum Gasteiger partial charge on any atom is -0.361 e. The minimum absolute atomic E-state index is 0.00404. The molecule has 4 nitrogen and oxygen atoms in total. The van der Waals surface area contributed by atoms with Crippen LogP contribution in [-0.4, -0.2) is 16.5 Å². The third-order valence-electron chi connectivity index (χ3n) is 2.20. The van der Waals surface area contributed by atoms with Crippen molar-refractivity contribution < 1.29 is 4.92 Å². The van der Waals surface area contributed by atoms with Gasteiger partial charge in [-0.05, 0) is 29.1 Å². The van der Waals surface area contributed by atoms with Crippen LogP contribution in [0.4, 0.5) is 0 Å². The topological polar surface area (TPSA) is 58.9 Å². The van der Waals surface area contributed by atoms with Crippen molar-refractivity contribution in [3.8, 4) is 0 Å². The Balaban J connectivity index is 2.21. The van der Waals surface area contributed by atoms with Gasteiger partial charge < -0.3 is 4.98 Å². The Morgan fingerprint density at radius 3 is 3.00 bits per heavy atom. The summed E-state index contributed by atoms with van der Waals surface area (Å²) < 4.78 is 0. The highest BCUT2D eigenvalue weighted by molar-refractivity contribution is 5.79. The molecule has 0 aliphatic rings. The number of hydrogen-bond donors (Lipinski definition) is 1. The molecule has 1 aromatic heterocycles. The van der Waals surface area contributed by atoms with Crippen molar-refractivity contribution in [2.45, 2.75) is 6.42 Å². The van der Waals surface area contributed by atoms with Crippen LogP contribution in [0.25, 0.3) is 10.9 Å². The van der Waals surface area contributed by atoms with Gasteiger partial charge in [0.2, 0.25) is 6.54 Å². The van der Waals surface area contributed by atoms with E-state index in [0.717, 1.165) is 16.5 Å². The number of hydrogen-bond acceptors (Lipinski definition) is 2. The molecule has 4 heteroatoms. The van der Waals surface area contributed by atoms with Gasteiger partial charge in [0.05, 0.1) is 0 Å². The number of nitrogens with zero attached hydrogens (tertiary/aromatic N) is 1. The van der Waals surface area contributed by atoms with Crippen molar-refractivity contribution in [3.63, 3.8) is 0 Å². The predicted octanol–water partition coefficient (Wildman–Crippen LogP) is 1.99. The van der Waals surface area contributed by atoms with Crippen LogP contribution < -0.4 is 0 Å². The molecular formula is C10H10N2O2. The summed E-state index contributed by atoms with van der Waals surface area (Å²) in [6.45, 7) is -0.00404. The van der Waals surface area contributed by atoms with Crippen LogP contribution in [0.15, 0.2) is 30.5 Å². The molecule has 72 valence electrons. The lowest BCUT2D eigenvalue weighted by atomic mass is 10.1. The lowest BCUT2D eigenvalue weighted by Crippen LogP contribution is -2.03. The summed E-state index contributed by atoms with van der Waals surface area (Å²) in [5.41, 5.74) is 2.07. The SMILES string of the molecule is O=[N+]([O-])CCc1ccc2[nH]ccc2c1. The van der Waals surface area contributed by atoms with E-state index in [1.165, 1.54) is 0 Å². The van der Waals surface area contributed by atoms with E-state index in [1.807, 2.05) is 30.5 Å². The summed E-state index contributed by atoms with van der Waals surface area (Å²) in [5.74, 6) is 0. The van der Waals surface area contributed by atoms with E-state index in [-0.39, 0.29) is 11.5 Å². The molecule has 0 bridgehead atoms. The molecule has 14 heavy (non-hydrogen) atoms. The second-order valence-electron chi connectivity index (χ2n) is 3.21. The Labute approximate surface area is 80.7 Å². The first-order chi connectivity index (χ1) is 6.75. The normalized spacial score (nSPS) is 10.6. The zero-order valence-corrected chi connectivity index (χ0v) is 7.56. The zero-order valence-electron chi connectivity index (χ0n) is 7.56. The maximum absolute atomic E-state index is 10.2. The lowest BCUT2D eigenvalue weighted by Gasteiger charge is -1.97. The number of aromatic nitrogens is 1. The molecule has 0 radical (unpaired) electrons. The summed E-state index contributed by atoms with van der Waals surface area (Å²) in [6.07, 6.45) is 2.36. The average molecular weight is 190 g/mol. The van der Waals surface area contributed by atoms with Gasteiger partial charge in [-0.15, -0.1) is 0 Å². The minimum atomic E-state index is -0.290. The Kier molecular flexibility index (Phi) is 2.18. The van der Waals surface area contributed by atoms with E-state index in [4.69, 9.17) is 0 Å². The molecule has 0 fully saturated rings. The van der Waals surface area contributed by atoms with Gasteiger partial charge in [-0.25, -0.2) is 0 Å². The molecule has 0 amide bonds. The summed E-state index contributed by atoms with van der Waals surface area (Å²) in [5, 5.41) is 11.3. The van der Waals surface area contributed by atoms with Gasteiger partial charge in [0, 0.05) is 23.1 Å². The molecule has 0 saturated carbocycles. The van der Waals surface area contributed by atoms with Gasteiger partial charge in [-0.1, -0.05) is 6.07 Å². The highest BCUT2D eigenvalue weighted by atomic mass is 16.6. The van der Waals surface area contributed by atoms with E-state index in [9.17, 15) is 10.1 Å². The molecule has 1 aromatic carbocycles. The molecule has 0 spiro atoms. The number of nitro groups is 1. The number of aromatic amines is 1. The maximum atomic E-state index is 10.2. The summed E-state index contributed by atoms with van der Waals surface area (Å²) >= 11 is 0. The van der Waals surface area contributed by atoms with Gasteiger partial charge >= 0.3 is 0 Å². The fourth-order valence-electron chi connectivity index (χ4n) is 1.48. The third-order valence-corrected chi connectivity index (χ3v) is 2.20. The standard InChI is InChI=1S/C10H10N2O2/c13-12(14)6-4-8-1-2-10-9(7-8)3-5-11-10/h1-3,5,7,11H,4,6H2. The quantitative estimate of drug-likeness (QED) is 0.594. The second kappa shape index (κ2) is 3.49. The summed E-state index contributed by atoms with van der Waals surface area (Å²) in [4.78, 5) is 13.0. The first kappa shape index (κ1) is 8.74. The molecular weight excluding hydrogens is 180 g/mol. The maximum Gasteiger partial charge on any atom is 0.207 e. The monoisotopic (exact) mass is 190 g/mol. The van der Waals surface area contributed by atoms with E-state index >= 15 is 0 Å². The molecule has 0 atom stereocenters. The van der Waals surface area contributed by atoms with Gasteiger partial charge in [-0.3, -0.25) is 10.1 Å². The van der Waals surface area contributed by atoms with Crippen molar-refractivity contribution in [1.82, 2.24) is 4.98 Å². The van der Waals surface area contributed by atoms with Crippen molar-refractivity contribution in [2.75, 3.05) is 6.54 Å². The Morgan fingerprint density at radius 1 is 1.36 bits per heavy atom. The van der Waals surface area contributed by atoms with E-state index < -0.39 is 0 Å². The number of rotatable bonds is 3. The number of nitrogens with one attached hydrogen (secondary N) is 1. The molecule has 2 aromatic rings. The first-order valence-electron chi connectivity index (χ1n) is 4.43. The van der Waals surface area contributed by atoms with Crippen molar-refractivity contribution in [1.29, 1.82) is 0 Å². The highest BCUT2D eigenvalue weighted by Gasteiger charge is 2.01. The Morgan fingerprint density at radius 2 is 2.21 bits per heavy atom. The van der Waals surface area contributed by atoms with Gasteiger partial charge in [0.15, 0.2) is 0 Å². The van der Waals surface area contributed by atoms with Gasteiger partial charge in [0.25, 0.3) is 0 Å². The van der Waals surface area contributed by atoms with Crippen LogP contribution in [0.1, 0.15) is 5.56 Å². The van der Waals surface area contributed by atoms with Crippen LogP contribution in [0, 0.1) is 10.1 Å². The summed E-state index contributed by atoms with van der Waals surface area (Å²) in [7, 11) is 0. The molecule has 0 aliphatic heterocycles. The van der Waals surface area contributed by atoms with E-state index in [0.29, 0.717) is 6.42 Å². The molecule has 0 saturated heterocycles. The molecule has 0 unspecified atom stereocenters. The smallest absolute Gasteiger partial charge is 0.207 e. The Bertz CT molecular complexity index is 462. The first-order valence-corrected chi connectivity index (χ1v) is 4.43. The van der Waals surface area contributed by atoms with Gasteiger partial charge in [-0.2, -0.15) is 0 Å². The van der Waals surface area contributed by atoms with Crippen LogP contribution in [0.3, 0.4) is 0 Å². The van der Waals surface area contributed by atoms with Crippen LogP contribution in [0.5, 0.6) is 0 Å². The van der Waals surface area contributed by atoms with Crippen molar-refractivity contribution >= 4 is 10.9 Å². The van der Waals surface area contributed by atoms with Crippen molar-refractivity contribution in [3.05, 3.63) is 46.1 Å². The molecule has 2 rings (SSSR count). The Hall–Kier alpha value is -1.84. The zero-order chi connectivity index (χ0) is 9.97.